The molecule has 0 unspecified atom stereocenters. The molecule has 5 rings (SSSR count). The number of hydrogen-bond donors (Lipinski definition) is 0. The molecular formula is C24H20Cl2N2O2S2. The van der Waals surface area contributed by atoms with Crippen LogP contribution in [0.3, 0.4) is 0 Å². The van der Waals surface area contributed by atoms with Crippen molar-refractivity contribution in [2.24, 2.45) is 0 Å². The zero-order chi connectivity index (χ0) is 22.1. The van der Waals surface area contributed by atoms with Crippen LogP contribution in [0, 0.1) is 0 Å². The predicted molar refractivity (Wildman–Crippen MR) is 135 cm³/mol. The van der Waals surface area contributed by atoms with Crippen molar-refractivity contribution in [1.29, 1.82) is 0 Å². The summed E-state index contributed by atoms with van der Waals surface area (Å²) >= 11 is 15.3. The minimum absolute atomic E-state index is 0.0183. The van der Waals surface area contributed by atoms with Gasteiger partial charge in [0.2, 0.25) is 0 Å². The molecule has 0 atom stereocenters. The lowest BCUT2D eigenvalue weighted by atomic mass is 9.97. The molecule has 0 saturated heterocycles. The first kappa shape index (κ1) is 21.8. The maximum atomic E-state index is 13.7. The maximum absolute atomic E-state index is 13.7. The third-order valence-corrected chi connectivity index (χ3v) is 8.06. The average Bonchev–Trinajstić information content (AvgIpc) is 3.17. The number of thiophene rings is 1. The van der Waals surface area contributed by atoms with E-state index in [9.17, 15) is 4.79 Å². The summed E-state index contributed by atoms with van der Waals surface area (Å²) < 4.78 is 7.56. The van der Waals surface area contributed by atoms with Crippen LogP contribution in [-0.2, 0) is 12.8 Å². The van der Waals surface area contributed by atoms with E-state index in [0.717, 1.165) is 35.2 Å². The van der Waals surface area contributed by atoms with E-state index < -0.39 is 0 Å². The lowest BCUT2D eigenvalue weighted by Crippen LogP contribution is -2.22. The molecule has 2 heterocycles. The number of halogens is 2. The van der Waals surface area contributed by atoms with Gasteiger partial charge in [-0.2, -0.15) is 0 Å². The fourth-order valence-corrected chi connectivity index (χ4v) is 6.56. The van der Waals surface area contributed by atoms with Crippen molar-refractivity contribution in [2.75, 3.05) is 12.4 Å². The number of nitrogens with zero attached hydrogens (tertiary/aromatic N) is 2. The Balaban J connectivity index is 1.46. The van der Waals surface area contributed by atoms with E-state index in [1.54, 1.807) is 34.1 Å². The zero-order valence-corrected chi connectivity index (χ0v) is 20.3. The van der Waals surface area contributed by atoms with Gasteiger partial charge >= 0.3 is 0 Å². The molecule has 0 saturated carbocycles. The summed E-state index contributed by atoms with van der Waals surface area (Å²) in [7, 11) is 0. The SMILES string of the molecule is O=c1c2c3c(sc2nc(SCCOc2ccc(Cl)cc2Cl)n1-c1ccccc1)CCCC3. The third-order valence-electron chi connectivity index (χ3n) is 5.44. The molecule has 2 aromatic heterocycles. The third kappa shape index (κ3) is 4.29. The summed E-state index contributed by atoms with van der Waals surface area (Å²) in [6.07, 6.45) is 4.31. The van der Waals surface area contributed by atoms with Gasteiger partial charge in [0.1, 0.15) is 10.6 Å². The van der Waals surface area contributed by atoms with Crippen molar-refractivity contribution < 1.29 is 4.74 Å². The molecule has 4 nitrogen and oxygen atoms in total. The van der Waals surface area contributed by atoms with Crippen LogP contribution in [-0.4, -0.2) is 21.9 Å². The fourth-order valence-electron chi connectivity index (χ4n) is 3.96. The van der Waals surface area contributed by atoms with Crippen molar-refractivity contribution >= 4 is 56.5 Å². The highest BCUT2D eigenvalue weighted by Gasteiger charge is 2.22. The second kappa shape index (κ2) is 9.48. The standard InChI is InChI=1S/C24H20Cl2N2O2S2/c25-15-10-11-19(18(26)14-15)30-12-13-31-24-27-22-21(17-8-4-5-9-20(17)32-22)23(29)28(24)16-6-2-1-3-7-16/h1-3,6-7,10-11,14H,4-5,8-9,12-13H2. The quantitative estimate of drug-likeness (QED) is 0.165. The smallest absolute Gasteiger partial charge is 0.267 e. The van der Waals surface area contributed by atoms with Crippen LogP contribution < -0.4 is 10.3 Å². The van der Waals surface area contributed by atoms with Crippen molar-refractivity contribution in [1.82, 2.24) is 9.55 Å². The van der Waals surface area contributed by atoms with Crippen LogP contribution in [0.1, 0.15) is 23.3 Å². The Morgan fingerprint density at radius 3 is 2.72 bits per heavy atom. The van der Waals surface area contributed by atoms with Crippen molar-refractivity contribution in [3.63, 3.8) is 0 Å². The first-order chi connectivity index (χ1) is 15.6. The lowest BCUT2D eigenvalue weighted by molar-refractivity contribution is 0.344. The number of aryl methyl sites for hydroxylation is 2. The maximum Gasteiger partial charge on any atom is 0.267 e. The molecule has 0 fully saturated rings. The van der Waals surface area contributed by atoms with Crippen molar-refractivity contribution in [2.45, 2.75) is 30.8 Å². The van der Waals surface area contributed by atoms with Gasteiger partial charge in [-0.25, -0.2) is 4.98 Å². The van der Waals surface area contributed by atoms with E-state index >= 15 is 0 Å². The molecule has 0 radical (unpaired) electrons. The summed E-state index contributed by atoms with van der Waals surface area (Å²) in [5, 5.41) is 2.52. The molecule has 32 heavy (non-hydrogen) atoms. The number of fused-ring (bicyclic) bond motifs is 3. The number of ether oxygens (including phenoxy) is 1. The van der Waals surface area contributed by atoms with Gasteiger partial charge in [-0.15, -0.1) is 11.3 Å². The lowest BCUT2D eigenvalue weighted by Gasteiger charge is -2.14. The predicted octanol–water partition coefficient (Wildman–Crippen LogP) is 6.80. The minimum atomic E-state index is 0.0183. The summed E-state index contributed by atoms with van der Waals surface area (Å²) in [4.78, 5) is 20.8. The second-order valence-corrected chi connectivity index (χ2v) is 10.5. The Bertz CT molecular complexity index is 1340. The molecule has 164 valence electrons. The molecule has 0 amide bonds. The van der Waals surface area contributed by atoms with Gasteiger partial charge in [0.25, 0.3) is 5.56 Å². The molecule has 0 aliphatic heterocycles. The molecule has 8 heteroatoms. The van der Waals surface area contributed by atoms with Gasteiger partial charge in [0.15, 0.2) is 5.16 Å². The normalized spacial score (nSPS) is 13.3. The van der Waals surface area contributed by atoms with Crippen LogP contribution in [0.2, 0.25) is 10.0 Å². The molecule has 0 spiro atoms. The molecule has 1 aliphatic carbocycles. The Kier molecular flexibility index (Phi) is 6.47. The van der Waals surface area contributed by atoms with E-state index in [-0.39, 0.29) is 5.56 Å². The summed E-state index contributed by atoms with van der Waals surface area (Å²) in [6, 6.07) is 14.9. The average molecular weight is 503 g/mol. The van der Waals surface area contributed by atoms with Crippen LogP contribution in [0.15, 0.2) is 58.5 Å². The second-order valence-electron chi connectivity index (χ2n) is 7.53. The van der Waals surface area contributed by atoms with Gasteiger partial charge in [-0.1, -0.05) is 53.2 Å². The zero-order valence-electron chi connectivity index (χ0n) is 17.1. The van der Waals surface area contributed by atoms with Crippen molar-refractivity contribution in [3.8, 4) is 11.4 Å². The van der Waals surface area contributed by atoms with Gasteiger partial charge in [-0.05, 0) is 61.6 Å². The molecule has 1 aliphatic rings. The van der Waals surface area contributed by atoms with Gasteiger partial charge in [-0.3, -0.25) is 9.36 Å². The van der Waals surface area contributed by atoms with Gasteiger partial charge < -0.3 is 4.74 Å². The van der Waals surface area contributed by atoms with E-state index in [0.29, 0.717) is 33.3 Å². The Labute approximate surface area is 204 Å². The molecule has 2 aromatic carbocycles. The number of thioether (sulfide) groups is 1. The highest BCUT2D eigenvalue weighted by atomic mass is 35.5. The van der Waals surface area contributed by atoms with E-state index in [1.165, 1.54) is 28.6 Å². The van der Waals surface area contributed by atoms with E-state index in [4.69, 9.17) is 32.9 Å². The first-order valence-corrected chi connectivity index (χ1v) is 13.0. The summed E-state index contributed by atoms with van der Waals surface area (Å²) in [6.45, 7) is 0.426. The topological polar surface area (TPSA) is 44.1 Å². The number of aromatic nitrogens is 2. The Hall–Kier alpha value is -1.99. The first-order valence-electron chi connectivity index (χ1n) is 10.4. The van der Waals surface area contributed by atoms with E-state index in [1.807, 2.05) is 30.3 Å². The number of rotatable bonds is 6. The molecular weight excluding hydrogens is 483 g/mol. The summed E-state index contributed by atoms with van der Waals surface area (Å²) in [5.41, 5.74) is 2.05. The fraction of sp³-hybridized carbons (Fsp3) is 0.250. The van der Waals surface area contributed by atoms with Gasteiger partial charge in [0.05, 0.1) is 22.7 Å². The monoisotopic (exact) mass is 502 g/mol. The van der Waals surface area contributed by atoms with Gasteiger partial charge in [0, 0.05) is 15.7 Å². The molecule has 0 bridgehead atoms. The highest BCUT2D eigenvalue weighted by Crippen LogP contribution is 2.35. The van der Waals surface area contributed by atoms with Crippen molar-refractivity contribution in [3.05, 3.63) is 79.4 Å². The number of hydrogen-bond acceptors (Lipinski definition) is 5. The summed E-state index contributed by atoms with van der Waals surface area (Å²) in [5.74, 6) is 1.21. The van der Waals surface area contributed by atoms with E-state index in [2.05, 4.69) is 0 Å². The highest BCUT2D eigenvalue weighted by molar-refractivity contribution is 7.99. The van der Waals surface area contributed by atoms with Crippen LogP contribution in [0.4, 0.5) is 0 Å². The Morgan fingerprint density at radius 1 is 1.09 bits per heavy atom. The number of benzene rings is 2. The van der Waals surface area contributed by atoms with Crippen LogP contribution in [0.5, 0.6) is 5.75 Å². The van der Waals surface area contributed by atoms with Crippen LogP contribution in [0.25, 0.3) is 15.9 Å². The van der Waals surface area contributed by atoms with Crippen LogP contribution >= 0.6 is 46.3 Å². The number of para-hydroxylation sites is 1. The molecule has 0 N–H and O–H groups in total. The largest absolute Gasteiger partial charge is 0.491 e. The molecule has 4 aromatic rings. The Morgan fingerprint density at radius 2 is 1.91 bits per heavy atom. The minimum Gasteiger partial charge on any atom is -0.491 e.